The molecule has 0 spiro atoms. The van der Waals surface area contributed by atoms with Crippen LogP contribution < -0.4 is 0 Å². The Hall–Kier alpha value is -0.860. The van der Waals surface area contributed by atoms with Crippen molar-refractivity contribution in [2.24, 2.45) is 17.8 Å². The van der Waals surface area contributed by atoms with Crippen molar-refractivity contribution >= 4 is 11.8 Å². The van der Waals surface area contributed by atoms with Crippen molar-refractivity contribution in [3.05, 3.63) is 0 Å². The molecule has 1 aliphatic heterocycles. The van der Waals surface area contributed by atoms with Gasteiger partial charge in [0, 0.05) is 6.54 Å². The number of amides is 2. The largest absolute Gasteiger partial charge is 0.282 e. The Labute approximate surface area is 90.8 Å². The maximum atomic E-state index is 12.0. The maximum absolute atomic E-state index is 12.0. The second-order valence-corrected chi connectivity index (χ2v) is 5.18. The van der Waals surface area contributed by atoms with Gasteiger partial charge in [0.05, 0.1) is 11.8 Å². The smallest absolute Gasteiger partial charge is 0.233 e. The van der Waals surface area contributed by atoms with E-state index < -0.39 is 0 Å². The van der Waals surface area contributed by atoms with Gasteiger partial charge in [-0.05, 0) is 18.8 Å². The molecule has 0 aromatic rings. The summed E-state index contributed by atoms with van der Waals surface area (Å²) in [5, 5.41) is 0. The van der Waals surface area contributed by atoms with Gasteiger partial charge < -0.3 is 0 Å². The van der Waals surface area contributed by atoms with Gasteiger partial charge in [-0.25, -0.2) is 0 Å². The number of carbonyl (C=O) groups is 2. The molecule has 2 rings (SSSR count). The summed E-state index contributed by atoms with van der Waals surface area (Å²) in [6.07, 6.45) is 4.05. The van der Waals surface area contributed by atoms with E-state index in [1.807, 2.05) is 13.8 Å². The second kappa shape index (κ2) is 3.95. The molecule has 1 heterocycles. The molecule has 2 atom stereocenters. The molecule has 3 heteroatoms. The van der Waals surface area contributed by atoms with Crippen LogP contribution in [0.4, 0.5) is 0 Å². The lowest BCUT2D eigenvalue weighted by molar-refractivity contribution is -0.140. The Bertz CT molecular complexity index is 261. The number of imide groups is 1. The van der Waals surface area contributed by atoms with Crippen molar-refractivity contribution in [2.75, 3.05) is 6.54 Å². The summed E-state index contributed by atoms with van der Waals surface area (Å²) in [5.41, 5.74) is 0. The van der Waals surface area contributed by atoms with E-state index in [-0.39, 0.29) is 23.7 Å². The van der Waals surface area contributed by atoms with Crippen LogP contribution in [0.1, 0.15) is 39.5 Å². The summed E-state index contributed by atoms with van der Waals surface area (Å²) in [4.78, 5) is 25.5. The molecule has 84 valence electrons. The number of nitrogens with zero attached hydrogens (tertiary/aromatic N) is 1. The molecule has 0 bridgehead atoms. The van der Waals surface area contributed by atoms with Gasteiger partial charge in [0.15, 0.2) is 0 Å². The molecule has 1 aliphatic carbocycles. The van der Waals surface area contributed by atoms with Crippen molar-refractivity contribution in [3.8, 4) is 0 Å². The average molecular weight is 209 g/mol. The molecule has 2 fully saturated rings. The Morgan fingerprint density at radius 2 is 1.60 bits per heavy atom. The van der Waals surface area contributed by atoms with E-state index in [0.29, 0.717) is 12.5 Å². The first-order valence-electron chi connectivity index (χ1n) is 5.96. The van der Waals surface area contributed by atoms with Crippen LogP contribution in [0.5, 0.6) is 0 Å². The first-order valence-corrected chi connectivity index (χ1v) is 5.96. The Balaban J connectivity index is 2.14. The summed E-state index contributed by atoms with van der Waals surface area (Å²) in [5.74, 6) is 0.602. The van der Waals surface area contributed by atoms with Gasteiger partial charge in [0.2, 0.25) is 11.8 Å². The monoisotopic (exact) mass is 209 g/mol. The molecule has 0 aromatic heterocycles. The van der Waals surface area contributed by atoms with E-state index in [2.05, 4.69) is 0 Å². The zero-order valence-corrected chi connectivity index (χ0v) is 9.53. The normalized spacial score (nSPS) is 31.3. The molecule has 15 heavy (non-hydrogen) atoms. The van der Waals surface area contributed by atoms with Crippen LogP contribution in [0.2, 0.25) is 0 Å². The molecule has 2 aliphatic rings. The summed E-state index contributed by atoms with van der Waals surface area (Å²) in [7, 11) is 0. The number of carbonyl (C=O) groups excluding carboxylic acids is 2. The molecule has 3 nitrogen and oxygen atoms in total. The Morgan fingerprint density at radius 1 is 1.13 bits per heavy atom. The minimum Gasteiger partial charge on any atom is -0.282 e. The molecule has 2 amide bonds. The standard InChI is InChI=1S/C12H19NO2/c1-8(2)7-13-11(14)9-5-3-4-6-10(9)12(13)15/h8-10H,3-7H2,1-2H3/t9-,10-/m1/s1. The van der Waals surface area contributed by atoms with Gasteiger partial charge >= 0.3 is 0 Å². The van der Waals surface area contributed by atoms with E-state index in [4.69, 9.17) is 0 Å². The van der Waals surface area contributed by atoms with Crippen molar-refractivity contribution in [1.82, 2.24) is 4.90 Å². The molecule has 0 radical (unpaired) electrons. The molecule has 0 unspecified atom stereocenters. The average Bonchev–Trinajstić information content (AvgIpc) is 2.44. The molecule has 0 N–H and O–H groups in total. The van der Waals surface area contributed by atoms with E-state index in [0.717, 1.165) is 25.7 Å². The lowest BCUT2D eigenvalue weighted by atomic mass is 9.81. The van der Waals surface area contributed by atoms with Crippen LogP contribution >= 0.6 is 0 Å². The first kappa shape index (κ1) is 10.7. The highest BCUT2D eigenvalue weighted by atomic mass is 16.2. The molecule has 1 saturated carbocycles. The number of rotatable bonds is 2. The summed E-state index contributed by atoms with van der Waals surface area (Å²) in [6, 6.07) is 0. The molecular weight excluding hydrogens is 190 g/mol. The minimum atomic E-state index is 0.0185. The van der Waals surface area contributed by atoms with Crippen LogP contribution in [-0.4, -0.2) is 23.3 Å². The highest BCUT2D eigenvalue weighted by molar-refractivity contribution is 6.05. The number of hydrogen-bond donors (Lipinski definition) is 0. The highest BCUT2D eigenvalue weighted by Crippen LogP contribution is 2.38. The number of hydrogen-bond acceptors (Lipinski definition) is 2. The fourth-order valence-electron chi connectivity index (χ4n) is 2.78. The molecular formula is C12H19NO2. The van der Waals surface area contributed by atoms with Gasteiger partial charge in [-0.15, -0.1) is 0 Å². The van der Waals surface area contributed by atoms with Crippen LogP contribution in [-0.2, 0) is 9.59 Å². The van der Waals surface area contributed by atoms with Gasteiger partial charge in [0.1, 0.15) is 0 Å². The maximum Gasteiger partial charge on any atom is 0.233 e. The lowest BCUT2D eigenvalue weighted by Crippen LogP contribution is -2.34. The molecule has 0 aromatic carbocycles. The van der Waals surface area contributed by atoms with Crippen LogP contribution in [0.15, 0.2) is 0 Å². The predicted octanol–water partition coefficient (Wildman–Crippen LogP) is 1.82. The van der Waals surface area contributed by atoms with E-state index >= 15 is 0 Å². The van der Waals surface area contributed by atoms with Gasteiger partial charge in [-0.1, -0.05) is 26.7 Å². The van der Waals surface area contributed by atoms with Gasteiger partial charge in [-0.3, -0.25) is 14.5 Å². The summed E-state index contributed by atoms with van der Waals surface area (Å²) in [6.45, 7) is 4.69. The number of likely N-dealkylation sites (tertiary alicyclic amines) is 1. The topological polar surface area (TPSA) is 37.4 Å². The van der Waals surface area contributed by atoms with Crippen LogP contribution in [0.25, 0.3) is 0 Å². The quantitative estimate of drug-likeness (QED) is 0.650. The minimum absolute atomic E-state index is 0.0185. The van der Waals surface area contributed by atoms with Crippen LogP contribution in [0.3, 0.4) is 0 Å². The Morgan fingerprint density at radius 3 is 2.00 bits per heavy atom. The summed E-state index contributed by atoms with van der Waals surface area (Å²) >= 11 is 0. The summed E-state index contributed by atoms with van der Waals surface area (Å²) < 4.78 is 0. The molecule has 1 saturated heterocycles. The van der Waals surface area contributed by atoms with Crippen molar-refractivity contribution in [3.63, 3.8) is 0 Å². The van der Waals surface area contributed by atoms with Crippen molar-refractivity contribution in [2.45, 2.75) is 39.5 Å². The van der Waals surface area contributed by atoms with Crippen molar-refractivity contribution in [1.29, 1.82) is 0 Å². The van der Waals surface area contributed by atoms with Gasteiger partial charge in [0.25, 0.3) is 0 Å². The zero-order valence-electron chi connectivity index (χ0n) is 9.53. The van der Waals surface area contributed by atoms with Gasteiger partial charge in [-0.2, -0.15) is 0 Å². The predicted molar refractivity (Wildman–Crippen MR) is 57.0 cm³/mol. The second-order valence-electron chi connectivity index (χ2n) is 5.18. The number of fused-ring (bicyclic) bond motifs is 1. The first-order chi connectivity index (χ1) is 7.11. The highest BCUT2D eigenvalue weighted by Gasteiger charge is 2.47. The van der Waals surface area contributed by atoms with Crippen LogP contribution in [0, 0.1) is 17.8 Å². The third kappa shape index (κ3) is 1.80. The third-order valence-corrected chi connectivity index (χ3v) is 3.48. The zero-order chi connectivity index (χ0) is 11.0. The SMILES string of the molecule is CC(C)CN1C(=O)[C@@H]2CCCC[C@H]2C1=O. The lowest BCUT2D eigenvalue weighted by Gasteiger charge is -2.19. The van der Waals surface area contributed by atoms with E-state index in [1.54, 1.807) is 0 Å². The fraction of sp³-hybridized carbons (Fsp3) is 0.833. The Kier molecular flexibility index (Phi) is 2.81. The van der Waals surface area contributed by atoms with Crippen molar-refractivity contribution < 1.29 is 9.59 Å². The fourth-order valence-corrected chi connectivity index (χ4v) is 2.78. The van der Waals surface area contributed by atoms with E-state index in [1.165, 1.54) is 4.90 Å². The third-order valence-electron chi connectivity index (χ3n) is 3.48. The van der Waals surface area contributed by atoms with E-state index in [9.17, 15) is 9.59 Å².